The molecule has 2 fully saturated rings. The van der Waals surface area contributed by atoms with Crippen molar-refractivity contribution in [1.29, 1.82) is 0 Å². The summed E-state index contributed by atoms with van der Waals surface area (Å²) in [6, 6.07) is 7.58. The van der Waals surface area contributed by atoms with Crippen LogP contribution in [0.25, 0.3) is 0 Å². The topological polar surface area (TPSA) is 55.2 Å². The molecule has 3 rings (SSSR count). The summed E-state index contributed by atoms with van der Waals surface area (Å²) in [5.74, 6) is 0. The molecule has 0 radical (unpaired) electrons. The molecule has 0 amide bonds. The van der Waals surface area contributed by atoms with E-state index in [1.807, 2.05) is 6.07 Å². The Morgan fingerprint density at radius 1 is 1.25 bits per heavy atom. The summed E-state index contributed by atoms with van der Waals surface area (Å²) in [6.07, 6.45) is 9.47. The molecule has 0 aliphatic heterocycles. The van der Waals surface area contributed by atoms with E-state index in [-0.39, 0.29) is 10.6 Å². The van der Waals surface area contributed by atoms with Gasteiger partial charge in [0.25, 0.3) is 5.69 Å². The molecule has 1 spiro atoms. The van der Waals surface area contributed by atoms with Crippen molar-refractivity contribution in [3.05, 3.63) is 39.9 Å². The first-order valence-corrected chi connectivity index (χ1v) is 7.66. The molecule has 1 aromatic rings. The second-order valence-corrected chi connectivity index (χ2v) is 6.32. The minimum absolute atomic E-state index is 0.185. The zero-order valence-electron chi connectivity index (χ0n) is 11.8. The molecule has 1 atom stereocenters. The fraction of sp³-hybridized carbons (Fsp3) is 0.625. The Labute approximate surface area is 119 Å². The maximum absolute atomic E-state index is 10.8. The summed E-state index contributed by atoms with van der Waals surface area (Å²) in [5.41, 5.74) is 1.74. The van der Waals surface area contributed by atoms with E-state index < -0.39 is 0 Å². The molecule has 0 saturated heterocycles. The largest absolute Gasteiger partial charge is 0.309 e. The van der Waals surface area contributed by atoms with Crippen molar-refractivity contribution in [3.8, 4) is 0 Å². The summed E-state index contributed by atoms with van der Waals surface area (Å²) in [5, 5.41) is 14.4. The number of nitrogens with zero attached hydrogens (tertiary/aromatic N) is 1. The summed E-state index contributed by atoms with van der Waals surface area (Å²) in [7, 11) is 0. The van der Waals surface area contributed by atoms with Crippen LogP contribution in [0.4, 0.5) is 5.69 Å². The number of nitro groups is 1. The van der Waals surface area contributed by atoms with Gasteiger partial charge in [0.15, 0.2) is 0 Å². The quantitative estimate of drug-likeness (QED) is 0.671. The van der Waals surface area contributed by atoms with Gasteiger partial charge in [-0.25, -0.2) is 0 Å². The lowest BCUT2D eigenvalue weighted by Crippen LogP contribution is -2.53. The molecule has 0 heterocycles. The van der Waals surface area contributed by atoms with Gasteiger partial charge in [-0.3, -0.25) is 10.1 Å². The fourth-order valence-electron chi connectivity index (χ4n) is 3.89. The van der Waals surface area contributed by atoms with E-state index in [9.17, 15) is 10.1 Å². The van der Waals surface area contributed by atoms with Crippen molar-refractivity contribution in [3.63, 3.8) is 0 Å². The highest BCUT2D eigenvalue weighted by Crippen LogP contribution is 2.51. The Hall–Kier alpha value is -1.42. The molecule has 2 saturated carbocycles. The first-order valence-electron chi connectivity index (χ1n) is 7.66. The van der Waals surface area contributed by atoms with Crippen molar-refractivity contribution in [2.24, 2.45) is 5.41 Å². The van der Waals surface area contributed by atoms with Crippen LogP contribution in [0.15, 0.2) is 24.3 Å². The third kappa shape index (κ3) is 2.57. The summed E-state index contributed by atoms with van der Waals surface area (Å²) >= 11 is 0. The van der Waals surface area contributed by atoms with Gasteiger partial charge >= 0.3 is 0 Å². The average Bonchev–Trinajstić information content (AvgIpc) is 2.47. The number of hydrogen-bond acceptors (Lipinski definition) is 3. The fourth-order valence-corrected chi connectivity index (χ4v) is 3.89. The smallest absolute Gasteiger partial charge is 0.269 e. The van der Waals surface area contributed by atoms with Gasteiger partial charge in [0, 0.05) is 24.7 Å². The second kappa shape index (κ2) is 5.52. The van der Waals surface area contributed by atoms with E-state index in [1.54, 1.807) is 18.2 Å². The molecule has 1 aromatic carbocycles. The molecule has 0 aromatic heterocycles. The average molecular weight is 274 g/mol. The van der Waals surface area contributed by atoms with Crippen LogP contribution in [0.3, 0.4) is 0 Å². The number of rotatable bonds is 4. The SMILES string of the molecule is O=[N+]([O-])c1cccc(CNC2CCC23CCCCC3)c1. The predicted octanol–water partition coefficient (Wildman–Crippen LogP) is 3.80. The summed E-state index contributed by atoms with van der Waals surface area (Å²) < 4.78 is 0. The van der Waals surface area contributed by atoms with Crippen LogP contribution >= 0.6 is 0 Å². The van der Waals surface area contributed by atoms with Gasteiger partial charge in [-0.1, -0.05) is 31.4 Å². The van der Waals surface area contributed by atoms with Gasteiger partial charge in [-0.05, 0) is 36.7 Å². The van der Waals surface area contributed by atoms with Gasteiger partial charge < -0.3 is 5.32 Å². The van der Waals surface area contributed by atoms with Crippen LogP contribution in [0.2, 0.25) is 0 Å². The number of non-ortho nitro benzene ring substituents is 1. The molecule has 20 heavy (non-hydrogen) atoms. The lowest BCUT2D eigenvalue weighted by molar-refractivity contribution is -0.384. The van der Waals surface area contributed by atoms with E-state index in [4.69, 9.17) is 0 Å². The molecule has 4 heteroatoms. The minimum atomic E-state index is -0.324. The predicted molar refractivity (Wildman–Crippen MR) is 78.5 cm³/mol. The van der Waals surface area contributed by atoms with Crippen molar-refractivity contribution in [1.82, 2.24) is 5.32 Å². The van der Waals surface area contributed by atoms with Crippen molar-refractivity contribution in [2.45, 2.75) is 57.5 Å². The monoisotopic (exact) mass is 274 g/mol. The van der Waals surface area contributed by atoms with Gasteiger partial charge in [-0.15, -0.1) is 0 Å². The molecule has 1 unspecified atom stereocenters. The molecule has 2 aliphatic rings. The third-order valence-electron chi connectivity index (χ3n) is 5.19. The van der Waals surface area contributed by atoms with Crippen molar-refractivity contribution in [2.75, 3.05) is 0 Å². The Balaban J connectivity index is 1.59. The zero-order valence-corrected chi connectivity index (χ0v) is 11.8. The third-order valence-corrected chi connectivity index (χ3v) is 5.19. The van der Waals surface area contributed by atoms with E-state index in [0.29, 0.717) is 11.5 Å². The molecule has 108 valence electrons. The number of benzene rings is 1. The number of nitrogens with one attached hydrogen (secondary N) is 1. The van der Waals surface area contributed by atoms with Crippen LogP contribution in [0, 0.1) is 15.5 Å². The van der Waals surface area contributed by atoms with Gasteiger partial charge in [-0.2, -0.15) is 0 Å². The number of nitro benzene ring substituents is 1. The Morgan fingerprint density at radius 2 is 2.05 bits per heavy atom. The Kier molecular flexibility index (Phi) is 3.74. The molecule has 4 nitrogen and oxygen atoms in total. The Morgan fingerprint density at radius 3 is 2.70 bits per heavy atom. The second-order valence-electron chi connectivity index (χ2n) is 6.32. The van der Waals surface area contributed by atoms with E-state index in [0.717, 1.165) is 12.1 Å². The zero-order chi connectivity index (χ0) is 14.0. The summed E-state index contributed by atoms with van der Waals surface area (Å²) in [6.45, 7) is 0.744. The highest BCUT2D eigenvalue weighted by molar-refractivity contribution is 5.34. The lowest BCUT2D eigenvalue weighted by Gasteiger charge is -2.52. The molecule has 0 bridgehead atoms. The standard InChI is InChI=1S/C16H22N2O2/c19-18(20)14-6-4-5-13(11-14)12-17-15-7-10-16(15)8-2-1-3-9-16/h4-6,11,15,17H,1-3,7-10,12H2. The molecule has 2 aliphatic carbocycles. The maximum atomic E-state index is 10.8. The normalized spacial score (nSPS) is 24.3. The van der Waals surface area contributed by atoms with E-state index >= 15 is 0 Å². The molecular formula is C16H22N2O2. The number of hydrogen-bond donors (Lipinski definition) is 1. The van der Waals surface area contributed by atoms with Crippen LogP contribution in [0.5, 0.6) is 0 Å². The first-order chi connectivity index (χ1) is 9.70. The lowest BCUT2D eigenvalue weighted by atomic mass is 9.57. The van der Waals surface area contributed by atoms with Crippen molar-refractivity contribution < 1.29 is 4.92 Å². The van der Waals surface area contributed by atoms with Crippen LogP contribution in [0.1, 0.15) is 50.5 Å². The minimum Gasteiger partial charge on any atom is -0.309 e. The maximum Gasteiger partial charge on any atom is 0.269 e. The highest BCUT2D eigenvalue weighted by Gasteiger charge is 2.46. The van der Waals surface area contributed by atoms with Crippen LogP contribution in [-0.4, -0.2) is 11.0 Å². The first kappa shape index (κ1) is 13.6. The van der Waals surface area contributed by atoms with E-state index in [2.05, 4.69) is 5.32 Å². The van der Waals surface area contributed by atoms with Gasteiger partial charge in [0.2, 0.25) is 0 Å². The van der Waals surface area contributed by atoms with E-state index in [1.165, 1.54) is 44.9 Å². The van der Waals surface area contributed by atoms with Crippen LogP contribution < -0.4 is 5.32 Å². The van der Waals surface area contributed by atoms with Gasteiger partial charge in [0.1, 0.15) is 0 Å². The summed E-state index contributed by atoms with van der Waals surface area (Å²) in [4.78, 5) is 10.5. The van der Waals surface area contributed by atoms with Crippen LogP contribution in [-0.2, 0) is 6.54 Å². The molecule has 1 N–H and O–H groups in total. The molecular weight excluding hydrogens is 252 g/mol. The van der Waals surface area contributed by atoms with Gasteiger partial charge in [0.05, 0.1) is 4.92 Å². The Bertz CT molecular complexity index is 495. The van der Waals surface area contributed by atoms with Crippen molar-refractivity contribution >= 4 is 5.69 Å². The highest BCUT2D eigenvalue weighted by atomic mass is 16.6.